The van der Waals surface area contributed by atoms with E-state index in [1.54, 1.807) is 0 Å². The number of ether oxygens (including phenoxy) is 1. The largest absolute Gasteiger partial charge is 0.493 e. The van der Waals surface area contributed by atoms with Gasteiger partial charge in [-0.1, -0.05) is 32.0 Å². The topological polar surface area (TPSA) is 58.6 Å². The highest BCUT2D eigenvalue weighted by atomic mass is 16.5. The summed E-state index contributed by atoms with van der Waals surface area (Å²) >= 11 is 0. The lowest BCUT2D eigenvalue weighted by atomic mass is 9.92. The number of hydrogen-bond donors (Lipinski definition) is 2. The number of benzene rings is 1. The third-order valence-corrected chi connectivity index (χ3v) is 3.53. The van der Waals surface area contributed by atoms with Crippen LogP contribution < -0.4 is 10.1 Å². The van der Waals surface area contributed by atoms with Gasteiger partial charge in [-0.2, -0.15) is 0 Å². The summed E-state index contributed by atoms with van der Waals surface area (Å²) in [6.07, 6.45) is 0.180. The SMILES string of the molecule is CC(C)C(O)CNC(=O)C1CCOc2ccccc21. The molecule has 1 aliphatic rings. The molecule has 0 fully saturated rings. The Kier molecular flexibility index (Phi) is 4.43. The number of carbonyl (C=O) groups excluding carboxylic acids is 1. The highest BCUT2D eigenvalue weighted by Crippen LogP contribution is 2.33. The normalized spacial score (nSPS) is 19.5. The number of para-hydroxylation sites is 1. The summed E-state index contributed by atoms with van der Waals surface area (Å²) < 4.78 is 5.54. The van der Waals surface area contributed by atoms with Crippen LogP contribution in [-0.4, -0.2) is 30.3 Å². The Morgan fingerprint density at radius 3 is 2.95 bits per heavy atom. The average Bonchev–Trinajstić information content (AvgIpc) is 2.43. The third kappa shape index (κ3) is 3.26. The van der Waals surface area contributed by atoms with E-state index in [-0.39, 0.29) is 17.7 Å². The van der Waals surface area contributed by atoms with E-state index in [1.807, 2.05) is 38.1 Å². The second kappa shape index (κ2) is 6.06. The predicted octanol–water partition coefficient (Wildman–Crippen LogP) is 1.69. The van der Waals surface area contributed by atoms with Crippen LogP contribution in [0.1, 0.15) is 31.7 Å². The first-order valence-electron chi connectivity index (χ1n) is 6.77. The molecule has 0 aromatic heterocycles. The van der Waals surface area contributed by atoms with Gasteiger partial charge in [-0.05, 0) is 18.4 Å². The van der Waals surface area contributed by atoms with Gasteiger partial charge in [0.05, 0.1) is 18.6 Å². The predicted molar refractivity (Wildman–Crippen MR) is 73.1 cm³/mol. The molecule has 2 unspecified atom stereocenters. The third-order valence-electron chi connectivity index (χ3n) is 3.53. The smallest absolute Gasteiger partial charge is 0.227 e. The maximum Gasteiger partial charge on any atom is 0.227 e. The number of rotatable bonds is 4. The van der Waals surface area contributed by atoms with Crippen molar-refractivity contribution in [1.29, 1.82) is 0 Å². The number of aliphatic hydroxyl groups excluding tert-OH is 1. The molecule has 0 spiro atoms. The minimum absolute atomic E-state index is 0.0320. The van der Waals surface area contributed by atoms with Crippen molar-refractivity contribution >= 4 is 5.91 Å². The highest BCUT2D eigenvalue weighted by Gasteiger charge is 2.27. The van der Waals surface area contributed by atoms with Crippen LogP contribution in [0.4, 0.5) is 0 Å². The summed E-state index contributed by atoms with van der Waals surface area (Å²) in [6.45, 7) is 4.72. The van der Waals surface area contributed by atoms with Crippen LogP contribution in [0.15, 0.2) is 24.3 Å². The van der Waals surface area contributed by atoms with Gasteiger partial charge in [0.2, 0.25) is 5.91 Å². The number of amides is 1. The van der Waals surface area contributed by atoms with E-state index >= 15 is 0 Å². The first kappa shape index (κ1) is 13.9. The van der Waals surface area contributed by atoms with Gasteiger partial charge in [-0.3, -0.25) is 4.79 Å². The standard InChI is InChI=1S/C15H21NO3/c1-10(2)13(17)9-16-15(18)12-7-8-19-14-6-4-3-5-11(12)14/h3-6,10,12-13,17H,7-9H2,1-2H3,(H,16,18). The summed E-state index contributed by atoms with van der Waals surface area (Å²) in [7, 11) is 0. The quantitative estimate of drug-likeness (QED) is 0.869. The van der Waals surface area contributed by atoms with E-state index in [9.17, 15) is 9.90 Å². The van der Waals surface area contributed by atoms with Crippen molar-refractivity contribution in [2.75, 3.05) is 13.2 Å². The molecule has 19 heavy (non-hydrogen) atoms. The fraction of sp³-hybridized carbons (Fsp3) is 0.533. The Balaban J connectivity index is 2.01. The Morgan fingerprint density at radius 2 is 2.21 bits per heavy atom. The van der Waals surface area contributed by atoms with E-state index in [2.05, 4.69) is 5.32 Å². The fourth-order valence-electron chi connectivity index (χ4n) is 2.18. The molecular formula is C15H21NO3. The summed E-state index contributed by atoms with van der Waals surface area (Å²) in [5.41, 5.74) is 0.935. The highest BCUT2D eigenvalue weighted by molar-refractivity contribution is 5.84. The minimum atomic E-state index is -0.501. The number of nitrogens with one attached hydrogen (secondary N) is 1. The summed E-state index contributed by atoms with van der Waals surface area (Å²) in [6, 6.07) is 7.63. The van der Waals surface area contributed by atoms with Crippen molar-refractivity contribution in [3.63, 3.8) is 0 Å². The first-order valence-corrected chi connectivity index (χ1v) is 6.77. The van der Waals surface area contributed by atoms with E-state index in [0.717, 1.165) is 11.3 Å². The van der Waals surface area contributed by atoms with Crippen LogP contribution in [0.3, 0.4) is 0 Å². The van der Waals surface area contributed by atoms with Gasteiger partial charge in [0.25, 0.3) is 0 Å². The monoisotopic (exact) mass is 263 g/mol. The second-order valence-electron chi connectivity index (χ2n) is 5.28. The molecule has 1 aromatic rings. The van der Waals surface area contributed by atoms with Crippen LogP contribution in [0.2, 0.25) is 0 Å². The van der Waals surface area contributed by atoms with Gasteiger partial charge in [0, 0.05) is 12.1 Å². The van der Waals surface area contributed by atoms with Crippen molar-refractivity contribution < 1.29 is 14.6 Å². The zero-order valence-corrected chi connectivity index (χ0v) is 11.4. The number of aliphatic hydroxyl groups is 1. The van der Waals surface area contributed by atoms with Crippen LogP contribution in [0.5, 0.6) is 5.75 Å². The molecule has 104 valence electrons. The number of hydrogen-bond acceptors (Lipinski definition) is 3. The van der Waals surface area contributed by atoms with Gasteiger partial charge in [0.15, 0.2) is 0 Å². The maximum atomic E-state index is 12.2. The summed E-state index contributed by atoms with van der Waals surface area (Å²) in [5, 5.41) is 12.6. The fourth-order valence-corrected chi connectivity index (χ4v) is 2.18. The van der Waals surface area contributed by atoms with Gasteiger partial charge in [-0.25, -0.2) is 0 Å². The zero-order chi connectivity index (χ0) is 13.8. The molecule has 0 bridgehead atoms. The molecule has 0 aliphatic carbocycles. The summed E-state index contributed by atoms with van der Waals surface area (Å²) in [5.74, 6) is 0.723. The molecule has 1 heterocycles. The van der Waals surface area contributed by atoms with Crippen LogP contribution >= 0.6 is 0 Å². The van der Waals surface area contributed by atoms with Crippen molar-refractivity contribution in [2.45, 2.75) is 32.3 Å². The average molecular weight is 263 g/mol. The van der Waals surface area contributed by atoms with Gasteiger partial charge in [-0.15, -0.1) is 0 Å². The van der Waals surface area contributed by atoms with Crippen molar-refractivity contribution in [2.24, 2.45) is 5.92 Å². The minimum Gasteiger partial charge on any atom is -0.493 e. The molecule has 1 aliphatic heterocycles. The lowest BCUT2D eigenvalue weighted by molar-refractivity contribution is -0.123. The molecule has 0 radical (unpaired) electrons. The van der Waals surface area contributed by atoms with E-state index in [1.165, 1.54) is 0 Å². The van der Waals surface area contributed by atoms with Crippen molar-refractivity contribution in [1.82, 2.24) is 5.32 Å². The van der Waals surface area contributed by atoms with Gasteiger partial charge < -0.3 is 15.2 Å². The molecule has 1 amide bonds. The van der Waals surface area contributed by atoms with Crippen molar-refractivity contribution in [3.8, 4) is 5.75 Å². The van der Waals surface area contributed by atoms with E-state index in [0.29, 0.717) is 19.6 Å². The molecule has 2 atom stereocenters. The van der Waals surface area contributed by atoms with Gasteiger partial charge in [0.1, 0.15) is 5.75 Å². The maximum absolute atomic E-state index is 12.2. The summed E-state index contributed by atoms with van der Waals surface area (Å²) in [4.78, 5) is 12.2. The lowest BCUT2D eigenvalue weighted by Gasteiger charge is -2.25. The molecular weight excluding hydrogens is 242 g/mol. The number of fused-ring (bicyclic) bond motifs is 1. The Labute approximate surface area is 113 Å². The number of carbonyl (C=O) groups is 1. The van der Waals surface area contributed by atoms with Crippen LogP contribution in [-0.2, 0) is 4.79 Å². The van der Waals surface area contributed by atoms with Crippen LogP contribution in [0.25, 0.3) is 0 Å². The molecule has 1 aromatic carbocycles. The second-order valence-corrected chi connectivity index (χ2v) is 5.28. The van der Waals surface area contributed by atoms with Crippen molar-refractivity contribution in [3.05, 3.63) is 29.8 Å². The molecule has 0 saturated heterocycles. The molecule has 2 rings (SSSR count). The Bertz CT molecular complexity index is 445. The molecule has 0 saturated carbocycles. The molecule has 4 heteroatoms. The first-order chi connectivity index (χ1) is 9.09. The van der Waals surface area contributed by atoms with E-state index in [4.69, 9.17) is 4.74 Å². The van der Waals surface area contributed by atoms with Crippen LogP contribution in [0, 0.1) is 5.92 Å². The molecule has 4 nitrogen and oxygen atoms in total. The zero-order valence-electron chi connectivity index (χ0n) is 11.4. The van der Waals surface area contributed by atoms with Gasteiger partial charge >= 0.3 is 0 Å². The Morgan fingerprint density at radius 1 is 1.47 bits per heavy atom. The van der Waals surface area contributed by atoms with E-state index < -0.39 is 6.10 Å². The Hall–Kier alpha value is -1.55. The lowest BCUT2D eigenvalue weighted by Crippen LogP contribution is -2.38. The molecule has 2 N–H and O–H groups in total.